The third kappa shape index (κ3) is 2.14. The molecule has 0 aromatic heterocycles. The highest BCUT2D eigenvalue weighted by atomic mass is 79.9. The lowest BCUT2D eigenvalue weighted by atomic mass is 10.2. The molecule has 3 nitrogen and oxygen atoms in total. The van der Waals surface area contributed by atoms with Gasteiger partial charge in [-0.2, -0.15) is 0 Å². The minimum absolute atomic E-state index is 0.187. The zero-order valence-electron chi connectivity index (χ0n) is 8.13. The Bertz CT molecular complexity index is 364. The molecule has 0 aliphatic carbocycles. The van der Waals surface area contributed by atoms with Crippen LogP contribution in [-0.4, -0.2) is 20.3 Å². The topological polar surface area (TPSA) is 27.7 Å². The number of hydrogen-bond donors (Lipinski definition) is 0. The average molecular weight is 277 g/mol. The number of hydrogen-bond acceptors (Lipinski definition) is 3. The zero-order valence-corrected chi connectivity index (χ0v) is 9.71. The molecular weight excluding hydrogens is 267 g/mol. The predicted octanol–water partition coefficient (Wildman–Crippen LogP) is 2.64. The van der Waals surface area contributed by atoms with Gasteiger partial charge < -0.3 is 14.2 Å². The summed E-state index contributed by atoms with van der Waals surface area (Å²) in [6.45, 7) is 1.10. The Morgan fingerprint density at radius 3 is 2.67 bits per heavy atom. The quantitative estimate of drug-likeness (QED) is 0.831. The van der Waals surface area contributed by atoms with Crippen LogP contribution in [0.4, 0.5) is 4.39 Å². The van der Waals surface area contributed by atoms with Crippen molar-refractivity contribution in [2.75, 3.05) is 20.3 Å². The molecule has 1 aliphatic rings. The molecule has 1 saturated heterocycles. The van der Waals surface area contributed by atoms with Crippen molar-refractivity contribution < 1.29 is 18.6 Å². The maximum Gasteiger partial charge on any atom is 0.185 e. The van der Waals surface area contributed by atoms with Gasteiger partial charge in [0.15, 0.2) is 17.9 Å². The molecule has 0 amide bonds. The first-order chi connectivity index (χ1) is 7.22. The Morgan fingerprint density at radius 1 is 1.40 bits per heavy atom. The maximum atomic E-state index is 13.3. The zero-order chi connectivity index (χ0) is 10.8. The van der Waals surface area contributed by atoms with Crippen molar-refractivity contribution >= 4 is 15.9 Å². The van der Waals surface area contributed by atoms with E-state index in [4.69, 9.17) is 14.2 Å². The molecule has 0 saturated carbocycles. The van der Waals surface area contributed by atoms with Gasteiger partial charge in [0.05, 0.1) is 20.3 Å². The predicted molar refractivity (Wildman–Crippen MR) is 55.3 cm³/mol. The molecule has 1 fully saturated rings. The second kappa shape index (κ2) is 4.47. The van der Waals surface area contributed by atoms with Crippen molar-refractivity contribution in [2.45, 2.75) is 6.29 Å². The molecule has 0 spiro atoms. The fourth-order valence-electron chi connectivity index (χ4n) is 1.42. The lowest BCUT2D eigenvalue weighted by molar-refractivity contribution is -0.0448. The molecule has 1 aliphatic heterocycles. The summed E-state index contributed by atoms with van der Waals surface area (Å²) in [7, 11) is 1.42. The SMILES string of the molecule is COc1cc(C2OCCO2)c(Br)cc1F. The van der Waals surface area contributed by atoms with Crippen molar-refractivity contribution in [1.82, 2.24) is 0 Å². The van der Waals surface area contributed by atoms with Gasteiger partial charge in [-0.05, 0) is 12.1 Å². The Morgan fingerprint density at radius 2 is 2.07 bits per heavy atom. The van der Waals surface area contributed by atoms with Gasteiger partial charge in [-0.3, -0.25) is 0 Å². The largest absolute Gasteiger partial charge is 0.494 e. The summed E-state index contributed by atoms with van der Waals surface area (Å²) in [4.78, 5) is 0. The fraction of sp³-hybridized carbons (Fsp3) is 0.400. The van der Waals surface area contributed by atoms with Crippen LogP contribution in [0.2, 0.25) is 0 Å². The van der Waals surface area contributed by atoms with Crippen LogP contribution < -0.4 is 4.74 Å². The second-order valence-corrected chi connectivity index (χ2v) is 3.94. The Labute approximate surface area is 95.3 Å². The Balaban J connectivity index is 2.37. The van der Waals surface area contributed by atoms with E-state index in [-0.39, 0.29) is 5.75 Å². The molecular formula is C10H10BrFO3. The van der Waals surface area contributed by atoms with Crippen LogP contribution in [0.3, 0.4) is 0 Å². The molecule has 1 aromatic rings. The van der Waals surface area contributed by atoms with E-state index in [0.29, 0.717) is 17.7 Å². The highest BCUT2D eigenvalue weighted by Crippen LogP contribution is 2.34. The van der Waals surface area contributed by atoms with Gasteiger partial charge in [0.25, 0.3) is 0 Å². The lowest BCUT2D eigenvalue weighted by Crippen LogP contribution is -2.01. The van der Waals surface area contributed by atoms with E-state index >= 15 is 0 Å². The van der Waals surface area contributed by atoms with Gasteiger partial charge in [-0.1, -0.05) is 15.9 Å². The first-order valence-corrected chi connectivity index (χ1v) is 5.28. The molecule has 2 rings (SSSR count). The van der Waals surface area contributed by atoms with Crippen LogP contribution in [0.15, 0.2) is 16.6 Å². The smallest absolute Gasteiger partial charge is 0.185 e. The van der Waals surface area contributed by atoms with Gasteiger partial charge in [0, 0.05) is 10.0 Å². The molecule has 0 unspecified atom stereocenters. The Kier molecular flexibility index (Phi) is 3.23. The first-order valence-electron chi connectivity index (χ1n) is 4.48. The van der Waals surface area contributed by atoms with Crippen LogP contribution >= 0.6 is 15.9 Å². The number of ether oxygens (including phenoxy) is 3. The summed E-state index contributed by atoms with van der Waals surface area (Å²) < 4.78 is 29.5. The third-order valence-electron chi connectivity index (χ3n) is 2.15. The highest BCUT2D eigenvalue weighted by molar-refractivity contribution is 9.10. The van der Waals surface area contributed by atoms with E-state index in [1.54, 1.807) is 6.07 Å². The molecule has 0 bridgehead atoms. The van der Waals surface area contributed by atoms with Gasteiger partial charge in [0.1, 0.15) is 0 Å². The van der Waals surface area contributed by atoms with Gasteiger partial charge in [0.2, 0.25) is 0 Å². The molecule has 0 atom stereocenters. The normalized spacial score (nSPS) is 17.0. The van der Waals surface area contributed by atoms with Crippen molar-refractivity contribution in [3.63, 3.8) is 0 Å². The minimum atomic E-state index is -0.436. The number of rotatable bonds is 2. The van der Waals surface area contributed by atoms with Gasteiger partial charge in [-0.15, -0.1) is 0 Å². The van der Waals surface area contributed by atoms with E-state index in [9.17, 15) is 4.39 Å². The number of methoxy groups -OCH3 is 1. The molecule has 0 N–H and O–H groups in total. The van der Waals surface area contributed by atoms with E-state index in [1.807, 2.05) is 0 Å². The van der Waals surface area contributed by atoms with Crippen LogP contribution in [-0.2, 0) is 9.47 Å². The standard InChI is InChI=1S/C10H10BrFO3/c1-13-9-4-6(7(11)5-8(9)12)10-14-2-3-15-10/h4-5,10H,2-3H2,1H3. The van der Waals surface area contributed by atoms with Crippen LogP contribution in [0.1, 0.15) is 11.9 Å². The Hall–Kier alpha value is -0.650. The molecule has 5 heteroatoms. The lowest BCUT2D eigenvalue weighted by Gasteiger charge is -2.13. The van der Waals surface area contributed by atoms with Crippen LogP contribution in [0.5, 0.6) is 5.75 Å². The summed E-state index contributed by atoms with van der Waals surface area (Å²) in [5, 5.41) is 0. The highest BCUT2D eigenvalue weighted by Gasteiger charge is 2.22. The second-order valence-electron chi connectivity index (χ2n) is 3.08. The summed E-state index contributed by atoms with van der Waals surface area (Å²) >= 11 is 3.26. The monoisotopic (exact) mass is 276 g/mol. The van der Waals surface area contributed by atoms with E-state index in [0.717, 1.165) is 5.56 Å². The molecule has 82 valence electrons. The average Bonchev–Trinajstić information content (AvgIpc) is 2.71. The van der Waals surface area contributed by atoms with E-state index in [1.165, 1.54) is 13.2 Å². The number of halogens is 2. The fourth-order valence-corrected chi connectivity index (χ4v) is 1.92. The summed E-state index contributed by atoms with van der Waals surface area (Å²) in [5.41, 5.74) is 0.741. The number of benzene rings is 1. The summed E-state index contributed by atoms with van der Waals surface area (Å²) in [6.07, 6.45) is -0.436. The van der Waals surface area contributed by atoms with E-state index < -0.39 is 12.1 Å². The van der Waals surface area contributed by atoms with Crippen LogP contribution in [0.25, 0.3) is 0 Å². The summed E-state index contributed by atoms with van der Waals surface area (Å²) in [6, 6.07) is 2.93. The van der Waals surface area contributed by atoms with Gasteiger partial charge in [-0.25, -0.2) is 4.39 Å². The van der Waals surface area contributed by atoms with Crippen molar-refractivity contribution in [3.8, 4) is 5.75 Å². The third-order valence-corrected chi connectivity index (χ3v) is 2.83. The molecule has 15 heavy (non-hydrogen) atoms. The maximum absolute atomic E-state index is 13.3. The molecule has 1 aromatic carbocycles. The van der Waals surface area contributed by atoms with Gasteiger partial charge >= 0.3 is 0 Å². The molecule has 1 heterocycles. The first kappa shape index (κ1) is 10.9. The minimum Gasteiger partial charge on any atom is -0.494 e. The summed E-state index contributed by atoms with van der Waals surface area (Å²) in [5.74, 6) is -0.224. The van der Waals surface area contributed by atoms with Crippen molar-refractivity contribution in [2.24, 2.45) is 0 Å². The van der Waals surface area contributed by atoms with Crippen LogP contribution in [0, 0.1) is 5.82 Å². The van der Waals surface area contributed by atoms with E-state index in [2.05, 4.69) is 15.9 Å². The molecule has 0 radical (unpaired) electrons. The van der Waals surface area contributed by atoms with Crippen molar-refractivity contribution in [3.05, 3.63) is 28.0 Å². The van der Waals surface area contributed by atoms with Crippen molar-refractivity contribution in [1.29, 1.82) is 0 Å².